The summed E-state index contributed by atoms with van der Waals surface area (Å²) in [6, 6.07) is 7.31. The highest BCUT2D eigenvalue weighted by molar-refractivity contribution is 5.94. The number of aromatic nitrogens is 2. The second-order valence-corrected chi connectivity index (χ2v) is 6.11. The van der Waals surface area contributed by atoms with Crippen molar-refractivity contribution in [2.75, 3.05) is 24.5 Å². The van der Waals surface area contributed by atoms with Gasteiger partial charge in [0, 0.05) is 37.3 Å². The molecule has 0 atom stereocenters. The van der Waals surface area contributed by atoms with Crippen LogP contribution in [0.3, 0.4) is 0 Å². The number of benzene rings is 1. The van der Waals surface area contributed by atoms with Crippen LogP contribution in [-0.2, 0) is 12.6 Å². The number of halogens is 3. The number of anilines is 1. The number of carbonyl (C=O) groups excluding carboxylic acids is 1. The lowest BCUT2D eigenvalue weighted by Crippen LogP contribution is -2.29. The van der Waals surface area contributed by atoms with Gasteiger partial charge in [0.1, 0.15) is 0 Å². The fraction of sp³-hybridized carbons (Fsp3) is 0.471. The topological polar surface area (TPSA) is 71.3 Å². The van der Waals surface area contributed by atoms with Gasteiger partial charge in [-0.2, -0.15) is 18.2 Å². The number of alkyl halides is 3. The van der Waals surface area contributed by atoms with Gasteiger partial charge in [0.05, 0.1) is 0 Å². The van der Waals surface area contributed by atoms with Crippen LogP contribution in [0.2, 0.25) is 0 Å². The van der Waals surface area contributed by atoms with E-state index in [0.717, 1.165) is 18.8 Å². The molecule has 3 rings (SSSR count). The summed E-state index contributed by atoms with van der Waals surface area (Å²) < 4.78 is 41.3. The van der Waals surface area contributed by atoms with E-state index in [4.69, 9.17) is 0 Å². The molecule has 0 unspecified atom stereocenters. The van der Waals surface area contributed by atoms with Gasteiger partial charge in [-0.15, -0.1) is 0 Å². The van der Waals surface area contributed by atoms with Gasteiger partial charge in [0.2, 0.25) is 0 Å². The van der Waals surface area contributed by atoms with Crippen LogP contribution in [0.5, 0.6) is 0 Å². The Kier molecular flexibility index (Phi) is 5.43. The highest BCUT2D eigenvalue weighted by Gasteiger charge is 2.38. The Morgan fingerprint density at radius 2 is 1.85 bits per heavy atom. The average Bonchev–Trinajstić information content (AvgIpc) is 3.12. The number of rotatable bonds is 5. The quantitative estimate of drug-likeness (QED) is 0.878. The summed E-state index contributed by atoms with van der Waals surface area (Å²) in [6.07, 6.45) is -1.01. The summed E-state index contributed by atoms with van der Waals surface area (Å²) in [7, 11) is 0. The summed E-state index contributed by atoms with van der Waals surface area (Å²) >= 11 is 0. The molecule has 6 nitrogen and oxygen atoms in total. The molecule has 1 saturated heterocycles. The van der Waals surface area contributed by atoms with Crippen molar-refractivity contribution in [1.82, 2.24) is 15.5 Å². The van der Waals surface area contributed by atoms with E-state index in [2.05, 4.69) is 24.9 Å². The molecule has 1 fully saturated rings. The number of carbonyl (C=O) groups is 1. The molecule has 0 saturated carbocycles. The molecule has 1 aromatic heterocycles. The zero-order valence-corrected chi connectivity index (χ0v) is 14.1. The van der Waals surface area contributed by atoms with Gasteiger partial charge in [-0.05, 0) is 43.5 Å². The molecule has 140 valence electrons. The fourth-order valence-electron chi connectivity index (χ4n) is 2.84. The van der Waals surface area contributed by atoms with Crippen LogP contribution in [0.25, 0.3) is 0 Å². The van der Waals surface area contributed by atoms with Crippen LogP contribution in [0.1, 0.15) is 41.3 Å². The summed E-state index contributed by atoms with van der Waals surface area (Å²) in [5, 5.41) is 5.89. The van der Waals surface area contributed by atoms with E-state index in [1.807, 2.05) is 12.1 Å². The summed E-state index contributed by atoms with van der Waals surface area (Å²) in [4.78, 5) is 17.7. The van der Waals surface area contributed by atoms with Crippen LogP contribution in [-0.4, -0.2) is 35.7 Å². The normalized spacial score (nSPS) is 15.1. The Balaban J connectivity index is 1.49. The number of hydrogen-bond acceptors (Lipinski definition) is 5. The van der Waals surface area contributed by atoms with Gasteiger partial charge in [0.25, 0.3) is 5.91 Å². The highest BCUT2D eigenvalue weighted by atomic mass is 19.4. The molecule has 0 spiro atoms. The van der Waals surface area contributed by atoms with Crippen LogP contribution in [0, 0.1) is 0 Å². The van der Waals surface area contributed by atoms with Crippen LogP contribution in [0.15, 0.2) is 28.8 Å². The predicted molar refractivity (Wildman–Crippen MR) is 87.8 cm³/mol. The van der Waals surface area contributed by atoms with Crippen molar-refractivity contribution in [2.45, 2.75) is 31.9 Å². The Bertz CT molecular complexity index is 737. The summed E-state index contributed by atoms with van der Waals surface area (Å²) in [5.41, 5.74) is 1.59. The molecular formula is C17H19F3N4O2. The third kappa shape index (κ3) is 4.53. The molecule has 2 aromatic rings. The van der Waals surface area contributed by atoms with E-state index in [-0.39, 0.29) is 24.7 Å². The maximum atomic E-state index is 12.4. The minimum atomic E-state index is -4.66. The molecule has 1 aromatic carbocycles. The Morgan fingerprint density at radius 3 is 2.46 bits per heavy atom. The molecule has 1 amide bonds. The monoisotopic (exact) mass is 368 g/mol. The van der Waals surface area contributed by atoms with Gasteiger partial charge in [0.15, 0.2) is 5.82 Å². The zero-order chi connectivity index (χ0) is 18.6. The second-order valence-electron chi connectivity index (χ2n) is 6.11. The molecule has 0 aliphatic carbocycles. The number of piperidine rings is 1. The Morgan fingerprint density at radius 1 is 1.15 bits per heavy atom. The van der Waals surface area contributed by atoms with E-state index in [1.54, 1.807) is 12.1 Å². The van der Waals surface area contributed by atoms with Crippen molar-refractivity contribution in [1.29, 1.82) is 0 Å². The molecule has 26 heavy (non-hydrogen) atoms. The highest BCUT2D eigenvalue weighted by Crippen LogP contribution is 2.27. The standard InChI is InChI=1S/C17H19F3N4O2/c18-17(19,20)16-22-14(23-26-16)8-9-21-15(25)12-4-6-13(7-5-12)24-10-2-1-3-11-24/h4-7H,1-3,8-11H2,(H,21,25). The summed E-state index contributed by atoms with van der Waals surface area (Å²) in [6.45, 7) is 2.16. The lowest BCUT2D eigenvalue weighted by Gasteiger charge is -2.28. The lowest BCUT2D eigenvalue weighted by molar-refractivity contribution is -0.159. The van der Waals surface area contributed by atoms with Crippen LogP contribution < -0.4 is 10.2 Å². The smallest absolute Gasteiger partial charge is 0.372 e. The lowest BCUT2D eigenvalue weighted by atomic mass is 10.1. The maximum Gasteiger partial charge on any atom is 0.471 e. The van der Waals surface area contributed by atoms with E-state index >= 15 is 0 Å². The molecule has 0 bridgehead atoms. The number of nitrogens with one attached hydrogen (secondary N) is 1. The molecule has 2 heterocycles. The molecule has 0 radical (unpaired) electrons. The van der Waals surface area contributed by atoms with E-state index in [0.29, 0.717) is 5.56 Å². The minimum Gasteiger partial charge on any atom is -0.372 e. The minimum absolute atomic E-state index is 0.0528. The fourth-order valence-corrected chi connectivity index (χ4v) is 2.84. The predicted octanol–water partition coefficient (Wildman–Crippen LogP) is 3.05. The van der Waals surface area contributed by atoms with Crippen LogP contribution >= 0.6 is 0 Å². The molecule has 1 aliphatic heterocycles. The van der Waals surface area contributed by atoms with Crippen molar-refractivity contribution in [3.8, 4) is 0 Å². The van der Waals surface area contributed by atoms with Crippen molar-refractivity contribution in [2.24, 2.45) is 0 Å². The molecule has 9 heteroatoms. The van der Waals surface area contributed by atoms with E-state index < -0.39 is 12.1 Å². The van der Waals surface area contributed by atoms with E-state index in [9.17, 15) is 18.0 Å². The maximum absolute atomic E-state index is 12.4. The largest absolute Gasteiger partial charge is 0.471 e. The van der Waals surface area contributed by atoms with Crippen LogP contribution in [0.4, 0.5) is 18.9 Å². The first-order chi connectivity index (χ1) is 12.4. The Labute approximate surface area is 148 Å². The molecule has 1 N–H and O–H groups in total. The molecular weight excluding hydrogens is 349 g/mol. The first-order valence-corrected chi connectivity index (χ1v) is 8.46. The van der Waals surface area contributed by atoms with Crippen molar-refractivity contribution in [3.05, 3.63) is 41.5 Å². The third-order valence-corrected chi connectivity index (χ3v) is 4.20. The first-order valence-electron chi connectivity index (χ1n) is 8.46. The van der Waals surface area contributed by atoms with Gasteiger partial charge < -0.3 is 14.7 Å². The van der Waals surface area contributed by atoms with Gasteiger partial charge >= 0.3 is 12.1 Å². The van der Waals surface area contributed by atoms with E-state index in [1.165, 1.54) is 19.3 Å². The van der Waals surface area contributed by atoms with Gasteiger partial charge in [-0.3, -0.25) is 4.79 Å². The number of nitrogens with zero attached hydrogens (tertiary/aromatic N) is 3. The SMILES string of the molecule is O=C(NCCc1noc(C(F)(F)F)n1)c1ccc(N2CCCCC2)cc1. The number of amides is 1. The third-order valence-electron chi connectivity index (χ3n) is 4.20. The van der Waals surface area contributed by atoms with Crippen molar-refractivity contribution in [3.63, 3.8) is 0 Å². The second kappa shape index (κ2) is 7.76. The molecule has 1 aliphatic rings. The number of hydrogen-bond donors (Lipinski definition) is 1. The zero-order valence-electron chi connectivity index (χ0n) is 14.1. The average molecular weight is 368 g/mol. The van der Waals surface area contributed by atoms with Crippen molar-refractivity contribution < 1.29 is 22.5 Å². The summed E-state index contributed by atoms with van der Waals surface area (Å²) in [5.74, 6) is -1.78. The van der Waals surface area contributed by atoms with Crippen molar-refractivity contribution >= 4 is 11.6 Å². The van der Waals surface area contributed by atoms with Gasteiger partial charge in [-0.1, -0.05) is 5.16 Å². The van der Waals surface area contributed by atoms with Gasteiger partial charge in [-0.25, -0.2) is 0 Å². The first kappa shape index (κ1) is 18.2. The Hall–Kier alpha value is -2.58.